The lowest BCUT2D eigenvalue weighted by Gasteiger charge is -2.31. The molecule has 0 bridgehead atoms. The van der Waals surface area contributed by atoms with Crippen LogP contribution in [0.1, 0.15) is 59.4 Å². The molecule has 12 nitrogen and oxygen atoms in total. The van der Waals surface area contributed by atoms with E-state index in [0.29, 0.717) is 18.7 Å². The highest BCUT2D eigenvalue weighted by atomic mass is 32.2. The van der Waals surface area contributed by atoms with Crippen LogP contribution in [-0.2, 0) is 40.0 Å². The number of thioether (sulfide) groups is 1. The molecule has 250 valence electrons. The topological polar surface area (TPSA) is 161 Å². The lowest BCUT2D eigenvalue weighted by atomic mass is 9.97. The second-order valence-electron chi connectivity index (χ2n) is 11.7. The SMILES string of the molecule is CCOC(=O)C=C[C@H](C[C@@H]1CCNC1=O)NC(=O)[C@H](CCSC)NC(=O)[C@@H](NC(=O)OCc1ccccc1)C(C)OC(C)(C)C. The van der Waals surface area contributed by atoms with Crippen molar-refractivity contribution in [2.75, 3.05) is 25.2 Å². The van der Waals surface area contributed by atoms with Crippen LogP contribution in [0, 0.1) is 5.92 Å². The number of esters is 1. The van der Waals surface area contributed by atoms with Crippen LogP contribution < -0.4 is 21.3 Å². The molecule has 45 heavy (non-hydrogen) atoms. The molecule has 4 N–H and O–H groups in total. The molecule has 0 saturated carbocycles. The predicted molar refractivity (Wildman–Crippen MR) is 172 cm³/mol. The van der Waals surface area contributed by atoms with E-state index >= 15 is 0 Å². The van der Waals surface area contributed by atoms with Gasteiger partial charge < -0.3 is 35.5 Å². The Labute approximate surface area is 270 Å². The highest BCUT2D eigenvalue weighted by Gasteiger charge is 2.34. The van der Waals surface area contributed by atoms with Crippen molar-refractivity contribution in [2.24, 2.45) is 5.92 Å². The third kappa shape index (κ3) is 14.4. The molecule has 1 aliphatic heterocycles. The molecule has 5 atom stereocenters. The first kappa shape index (κ1) is 37.6. The fraction of sp³-hybridized carbons (Fsp3) is 0.594. The molecular weight excluding hydrogens is 600 g/mol. The molecule has 0 radical (unpaired) electrons. The number of hydrogen-bond acceptors (Lipinski definition) is 9. The minimum absolute atomic E-state index is 0.00793. The summed E-state index contributed by atoms with van der Waals surface area (Å²) in [5.74, 6) is -1.60. The van der Waals surface area contributed by atoms with Gasteiger partial charge in [0.1, 0.15) is 18.7 Å². The van der Waals surface area contributed by atoms with Gasteiger partial charge in [-0.2, -0.15) is 11.8 Å². The molecule has 1 fully saturated rings. The summed E-state index contributed by atoms with van der Waals surface area (Å²) in [6.07, 6.45) is 4.18. The van der Waals surface area contributed by atoms with Crippen LogP contribution in [0.4, 0.5) is 4.79 Å². The highest BCUT2D eigenvalue weighted by Crippen LogP contribution is 2.18. The van der Waals surface area contributed by atoms with Crippen LogP contribution in [0.3, 0.4) is 0 Å². The van der Waals surface area contributed by atoms with E-state index in [2.05, 4.69) is 21.3 Å². The monoisotopic (exact) mass is 648 g/mol. The molecule has 1 aromatic rings. The summed E-state index contributed by atoms with van der Waals surface area (Å²) in [6, 6.07) is 6.29. The first-order chi connectivity index (χ1) is 21.3. The van der Waals surface area contributed by atoms with Crippen LogP contribution in [0.2, 0.25) is 0 Å². The summed E-state index contributed by atoms with van der Waals surface area (Å²) in [6.45, 7) is 9.57. The average molecular weight is 649 g/mol. The summed E-state index contributed by atoms with van der Waals surface area (Å²) in [7, 11) is 0. The van der Waals surface area contributed by atoms with Crippen molar-refractivity contribution in [3.63, 3.8) is 0 Å². The fourth-order valence-corrected chi connectivity index (χ4v) is 5.18. The van der Waals surface area contributed by atoms with Gasteiger partial charge in [-0.1, -0.05) is 36.4 Å². The molecular formula is C32H48N4O8S. The third-order valence-electron chi connectivity index (χ3n) is 6.80. The van der Waals surface area contributed by atoms with Gasteiger partial charge in [0.2, 0.25) is 17.7 Å². The third-order valence-corrected chi connectivity index (χ3v) is 7.45. The Bertz CT molecular complexity index is 1160. The minimum Gasteiger partial charge on any atom is -0.463 e. The smallest absolute Gasteiger partial charge is 0.408 e. The number of rotatable bonds is 17. The maximum absolute atomic E-state index is 13.7. The van der Waals surface area contributed by atoms with Gasteiger partial charge in [0, 0.05) is 24.6 Å². The number of amides is 4. The van der Waals surface area contributed by atoms with E-state index in [-0.39, 0.29) is 37.9 Å². The van der Waals surface area contributed by atoms with Crippen LogP contribution >= 0.6 is 11.8 Å². The molecule has 1 aromatic carbocycles. The van der Waals surface area contributed by atoms with E-state index in [1.54, 1.807) is 13.8 Å². The van der Waals surface area contributed by atoms with Crippen molar-refractivity contribution in [3.8, 4) is 0 Å². The van der Waals surface area contributed by atoms with E-state index in [4.69, 9.17) is 14.2 Å². The zero-order valence-corrected chi connectivity index (χ0v) is 27.9. The molecule has 1 saturated heterocycles. The van der Waals surface area contributed by atoms with Gasteiger partial charge in [-0.15, -0.1) is 0 Å². The van der Waals surface area contributed by atoms with Gasteiger partial charge in [0.05, 0.1) is 18.3 Å². The first-order valence-corrected chi connectivity index (χ1v) is 16.6. The van der Waals surface area contributed by atoms with E-state index in [1.807, 2.05) is 57.4 Å². The molecule has 2 rings (SSSR count). The molecule has 4 amide bonds. The summed E-state index contributed by atoms with van der Waals surface area (Å²) < 4.78 is 16.3. The van der Waals surface area contributed by atoms with Crippen molar-refractivity contribution in [3.05, 3.63) is 48.0 Å². The standard InChI is InChI=1S/C32H48N4O8S/c1-7-42-26(37)14-13-24(19-23-15-17-33-28(23)38)34-29(39)25(16-18-45-6)35-30(40)27(21(2)44-32(3,4)5)36-31(41)43-20-22-11-9-8-10-12-22/h8-14,21,23-25,27H,7,15-20H2,1-6H3,(H,33,38)(H,34,39)(H,35,40)(H,36,41)/t21?,23-,24+,25-,27-/m0/s1. The highest BCUT2D eigenvalue weighted by molar-refractivity contribution is 7.98. The normalized spacial score (nSPS) is 17.5. The number of carbonyl (C=O) groups excluding carboxylic acids is 5. The molecule has 0 spiro atoms. The lowest BCUT2D eigenvalue weighted by molar-refractivity contribution is -0.137. The number of benzene rings is 1. The quantitative estimate of drug-likeness (QED) is 0.147. The van der Waals surface area contributed by atoms with Crippen molar-refractivity contribution in [1.82, 2.24) is 21.3 Å². The van der Waals surface area contributed by atoms with Gasteiger partial charge in [-0.25, -0.2) is 9.59 Å². The Balaban J connectivity index is 2.21. The van der Waals surface area contributed by atoms with Gasteiger partial charge in [0.25, 0.3) is 0 Å². The van der Waals surface area contributed by atoms with Gasteiger partial charge >= 0.3 is 12.1 Å². The maximum atomic E-state index is 13.7. The molecule has 0 aliphatic carbocycles. The molecule has 1 unspecified atom stereocenters. The molecule has 1 heterocycles. The van der Waals surface area contributed by atoms with Gasteiger partial charge in [-0.05, 0) is 71.5 Å². The zero-order valence-electron chi connectivity index (χ0n) is 27.1. The number of hydrogen-bond donors (Lipinski definition) is 4. The summed E-state index contributed by atoms with van der Waals surface area (Å²) in [4.78, 5) is 64.3. The number of nitrogens with one attached hydrogen (secondary N) is 4. The minimum atomic E-state index is -1.18. The summed E-state index contributed by atoms with van der Waals surface area (Å²) >= 11 is 1.50. The maximum Gasteiger partial charge on any atom is 0.408 e. The Morgan fingerprint density at radius 3 is 2.38 bits per heavy atom. The zero-order chi connectivity index (χ0) is 33.4. The number of carbonyl (C=O) groups is 5. The van der Waals surface area contributed by atoms with E-state index in [9.17, 15) is 24.0 Å². The second-order valence-corrected chi connectivity index (χ2v) is 12.7. The van der Waals surface area contributed by atoms with Gasteiger partial charge in [0.15, 0.2) is 0 Å². The number of alkyl carbamates (subject to hydrolysis) is 1. The lowest BCUT2D eigenvalue weighted by Crippen LogP contribution is -2.58. The Hall–Kier alpha value is -3.58. The second kappa shape index (κ2) is 19.1. The Morgan fingerprint density at radius 2 is 1.78 bits per heavy atom. The Morgan fingerprint density at radius 1 is 1.07 bits per heavy atom. The van der Waals surface area contributed by atoms with Crippen molar-refractivity contribution in [2.45, 2.75) is 90.3 Å². The molecule has 0 aromatic heterocycles. The first-order valence-electron chi connectivity index (χ1n) is 15.2. The fourth-order valence-electron chi connectivity index (χ4n) is 4.71. The van der Waals surface area contributed by atoms with Crippen LogP contribution in [0.25, 0.3) is 0 Å². The van der Waals surface area contributed by atoms with Crippen LogP contribution in [-0.4, -0.2) is 84.8 Å². The van der Waals surface area contributed by atoms with Crippen molar-refractivity contribution < 1.29 is 38.2 Å². The van der Waals surface area contributed by atoms with E-state index in [1.165, 1.54) is 23.9 Å². The van der Waals surface area contributed by atoms with Crippen molar-refractivity contribution in [1.29, 1.82) is 0 Å². The summed E-state index contributed by atoms with van der Waals surface area (Å²) in [5.41, 5.74) is 0.150. The van der Waals surface area contributed by atoms with Crippen molar-refractivity contribution >= 4 is 41.5 Å². The van der Waals surface area contributed by atoms with Crippen LogP contribution in [0.5, 0.6) is 0 Å². The largest absolute Gasteiger partial charge is 0.463 e. The number of ether oxygens (including phenoxy) is 3. The molecule has 13 heteroatoms. The Kier molecular flexibility index (Phi) is 15.9. The van der Waals surface area contributed by atoms with Gasteiger partial charge in [-0.3, -0.25) is 14.4 Å². The van der Waals surface area contributed by atoms with E-state index in [0.717, 1.165) is 5.56 Å². The van der Waals surface area contributed by atoms with Crippen LogP contribution in [0.15, 0.2) is 42.5 Å². The average Bonchev–Trinajstić information content (AvgIpc) is 3.38. The van der Waals surface area contributed by atoms with E-state index < -0.39 is 53.7 Å². The predicted octanol–water partition coefficient (Wildman–Crippen LogP) is 2.85. The summed E-state index contributed by atoms with van der Waals surface area (Å²) in [5, 5.41) is 11.0. The molecule has 1 aliphatic rings.